The lowest BCUT2D eigenvalue weighted by atomic mass is 10.1. The normalized spacial score (nSPS) is 13.8. The fraction of sp³-hybridized carbons (Fsp3) is 0.346. The number of hydrogen-bond acceptors (Lipinski definition) is 7. The molecule has 5 rings (SSSR count). The van der Waals surface area contributed by atoms with Crippen molar-refractivity contribution in [1.82, 2.24) is 19.9 Å². The number of nitrogens with zero attached hydrogens (tertiary/aromatic N) is 3. The van der Waals surface area contributed by atoms with Crippen molar-refractivity contribution in [1.29, 1.82) is 0 Å². The first kappa shape index (κ1) is 22.9. The SMILES string of the molecule is COc1cc2c(Oc3cnc4[nH]c(C)cc4c3)ccnc2cc1OCCCC(=O)N1CCOCC1. The number of H-pyrrole nitrogens is 1. The molecule has 1 aromatic carbocycles. The van der Waals surface area contributed by atoms with Gasteiger partial charge in [-0.25, -0.2) is 4.98 Å². The van der Waals surface area contributed by atoms with E-state index in [4.69, 9.17) is 18.9 Å². The second-order valence-electron chi connectivity index (χ2n) is 8.44. The molecule has 1 aliphatic heterocycles. The summed E-state index contributed by atoms with van der Waals surface area (Å²) < 4.78 is 23.0. The maximum absolute atomic E-state index is 12.3. The summed E-state index contributed by atoms with van der Waals surface area (Å²) in [6, 6.07) is 9.48. The van der Waals surface area contributed by atoms with Crippen LogP contribution in [0.3, 0.4) is 0 Å². The highest BCUT2D eigenvalue weighted by molar-refractivity contribution is 5.88. The number of aromatic nitrogens is 3. The van der Waals surface area contributed by atoms with E-state index in [2.05, 4.69) is 15.0 Å². The lowest BCUT2D eigenvalue weighted by Crippen LogP contribution is -2.40. The van der Waals surface area contributed by atoms with Crippen LogP contribution >= 0.6 is 0 Å². The molecule has 1 N–H and O–H groups in total. The van der Waals surface area contributed by atoms with Crippen molar-refractivity contribution < 1.29 is 23.7 Å². The first-order chi connectivity index (χ1) is 17.1. The maximum Gasteiger partial charge on any atom is 0.222 e. The van der Waals surface area contributed by atoms with Gasteiger partial charge < -0.3 is 28.8 Å². The lowest BCUT2D eigenvalue weighted by Gasteiger charge is -2.26. The fourth-order valence-corrected chi connectivity index (χ4v) is 4.18. The van der Waals surface area contributed by atoms with E-state index in [1.54, 1.807) is 19.5 Å². The Kier molecular flexibility index (Phi) is 6.67. The van der Waals surface area contributed by atoms with Gasteiger partial charge in [0.15, 0.2) is 11.5 Å². The monoisotopic (exact) mass is 476 g/mol. The molecular formula is C26H28N4O5. The number of hydrogen-bond donors (Lipinski definition) is 1. The van der Waals surface area contributed by atoms with Crippen LogP contribution in [-0.4, -0.2) is 65.8 Å². The predicted molar refractivity (Wildman–Crippen MR) is 131 cm³/mol. The standard InChI is InChI=1S/C26H28N4O5/c1-17-12-18-13-19(16-28-26(18)29-17)35-22-5-6-27-21-15-24(23(32-2)14-20(21)22)34-9-3-4-25(31)30-7-10-33-11-8-30/h5-6,12-16H,3-4,7-11H2,1-2H3,(H,28,29). The van der Waals surface area contributed by atoms with Crippen molar-refractivity contribution in [3.05, 3.63) is 48.4 Å². The summed E-state index contributed by atoms with van der Waals surface area (Å²) >= 11 is 0. The summed E-state index contributed by atoms with van der Waals surface area (Å²) in [6.45, 7) is 4.91. The molecule has 9 nitrogen and oxygen atoms in total. The number of ether oxygens (including phenoxy) is 4. The largest absolute Gasteiger partial charge is 0.493 e. The smallest absolute Gasteiger partial charge is 0.222 e. The average Bonchev–Trinajstić information content (AvgIpc) is 3.26. The van der Waals surface area contributed by atoms with E-state index in [9.17, 15) is 4.79 Å². The average molecular weight is 477 g/mol. The summed E-state index contributed by atoms with van der Waals surface area (Å²) in [7, 11) is 1.60. The van der Waals surface area contributed by atoms with Crippen LogP contribution in [0.25, 0.3) is 21.9 Å². The van der Waals surface area contributed by atoms with Crippen LogP contribution in [0.2, 0.25) is 0 Å². The van der Waals surface area contributed by atoms with Gasteiger partial charge in [0.25, 0.3) is 0 Å². The second-order valence-corrected chi connectivity index (χ2v) is 8.44. The van der Waals surface area contributed by atoms with Gasteiger partial charge in [0.05, 0.1) is 38.6 Å². The Balaban J connectivity index is 1.29. The molecule has 0 atom stereocenters. The van der Waals surface area contributed by atoms with E-state index in [0.29, 0.717) is 74.3 Å². The fourth-order valence-electron chi connectivity index (χ4n) is 4.18. The Labute approximate surface area is 203 Å². The van der Waals surface area contributed by atoms with Crippen LogP contribution in [0.5, 0.6) is 23.0 Å². The molecule has 4 aromatic rings. The number of amides is 1. The van der Waals surface area contributed by atoms with Gasteiger partial charge >= 0.3 is 0 Å². The number of carbonyl (C=O) groups is 1. The van der Waals surface area contributed by atoms with Crippen molar-refractivity contribution in [2.24, 2.45) is 0 Å². The molecule has 1 aliphatic rings. The number of morpholine rings is 1. The molecule has 0 spiro atoms. The van der Waals surface area contributed by atoms with Crippen molar-refractivity contribution in [2.45, 2.75) is 19.8 Å². The number of carbonyl (C=O) groups excluding carboxylic acids is 1. The van der Waals surface area contributed by atoms with Gasteiger partial charge in [0.1, 0.15) is 17.1 Å². The van der Waals surface area contributed by atoms with Crippen molar-refractivity contribution >= 4 is 27.8 Å². The van der Waals surface area contributed by atoms with E-state index >= 15 is 0 Å². The highest BCUT2D eigenvalue weighted by Crippen LogP contribution is 2.37. The summed E-state index contributed by atoms with van der Waals surface area (Å²) in [5.41, 5.74) is 2.58. The maximum atomic E-state index is 12.3. The molecule has 182 valence electrons. The van der Waals surface area contributed by atoms with Gasteiger partial charge in [0, 0.05) is 48.2 Å². The zero-order chi connectivity index (χ0) is 24.2. The van der Waals surface area contributed by atoms with Crippen LogP contribution in [-0.2, 0) is 9.53 Å². The number of fused-ring (bicyclic) bond motifs is 2. The molecule has 0 aliphatic carbocycles. The van der Waals surface area contributed by atoms with Crippen LogP contribution in [0.15, 0.2) is 42.7 Å². The molecule has 4 heterocycles. The second kappa shape index (κ2) is 10.2. The molecular weight excluding hydrogens is 448 g/mol. The third-order valence-corrected chi connectivity index (χ3v) is 5.95. The quantitative estimate of drug-likeness (QED) is 0.380. The molecule has 0 radical (unpaired) electrons. The molecule has 0 saturated carbocycles. The Bertz CT molecular complexity index is 1350. The summed E-state index contributed by atoms with van der Waals surface area (Å²) in [6.07, 6.45) is 4.44. The van der Waals surface area contributed by atoms with Crippen LogP contribution in [0, 0.1) is 6.92 Å². The van der Waals surface area contributed by atoms with Gasteiger partial charge in [-0.05, 0) is 37.6 Å². The number of pyridine rings is 2. The molecule has 35 heavy (non-hydrogen) atoms. The third-order valence-electron chi connectivity index (χ3n) is 5.95. The van der Waals surface area contributed by atoms with E-state index in [-0.39, 0.29) is 5.91 Å². The van der Waals surface area contributed by atoms with Crippen LogP contribution in [0.4, 0.5) is 0 Å². The van der Waals surface area contributed by atoms with Gasteiger partial charge in [-0.3, -0.25) is 9.78 Å². The summed E-state index contributed by atoms with van der Waals surface area (Å²) in [4.78, 5) is 26.3. The number of nitrogens with one attached hydrogen (secondary N) is 1. The number of aromatic amines is 1. The Morgan fingerprint density at radius 3 is 2.80 bits per heavy atom. The molecule has 9 heteroatoms. The Hall–Kier alpha value is -3.85. The highest BCUT2D eigenvalue weighted by atomic mass is 16.5. The third kappa shape index (κ3) is 5.14. The first-order valence-electron chi connectivity index (χ1n) is 11.7. The van der Waals surface area contributed by atoms with E-state index < -0.39 is 0 Å². The molecule has 1 saturated heterocycles. The minimum absolute atomic E-state index is 0.133. The van der Waals surface area contributed by atoms with Gasteiger partial charge in [-0.2, -0.15) is 0 Å². The molecule has 3 aromatic heterocycles. The summed E-state index contributed by atoms with van der Waals surface area (Å²) in [5.74, 6) is 2.56. The van der Waals surface area contributed by atoms with Crippen molar-refractivity contribution in [3.63, 3.8) is 0 Å². The van der Waals surface area contributed by atoms with Gasteiger partial charge in [-0.15, -0.1) is 0 Å². The van der Waals surface area contributed by atoms with Crippen molar-refractivity contribution in [3.8, 4) is 23.0 Å². The number of rotatable bonds is 8. The van der Waals surface area contributed by atoms with E-state index in [0.717, 1.165) is 22.1 Å². The molecule has 0 bridgehead atoms. The zero-order valence-electron chi connectivity index (χ0n) is 19.9. The zero-order valence-corrected chi connectivity index (χ0v) is 19.9. The van der Waals surface area contributed by atoms with Crippen LogP contribution < -0.4 is 14.2 Å². The van der Waals surface area contributed by atoms with Crippen LogP contribution in [0.1, 0.15) is 18.5 Å². The number of aryl methyl sites for hydroxylation is 1. The minimum atomic E-state index is 0.133. The Morgan fingerprint density at radius 2 is 1.97 bits per heavy atom. The van der Waals surface area contributed by atoms with Gasteiger partial charge in [0.2, 0.25) is 5.91 Å². The predicted octanol–water partition coefficient (Wildman–Crippen LogP) is 4.24. The molecule has 1 fully saturated rings. The first-order valence-corrected chi connectivity index (χ1v) is 11.7. The van der Waals surface area contributed by atoms with Gasteiger partial charge in [-0.1, -0.05) is 0 Å². The number of methoxy groups -OCH3 is 1. The summed E-state index contributed by atoms with van der Waals surface area (Å²) in [5, 5.41) is 1.78. The lowest BCUT2D eigenvalue weighted by molar-refractivity contribution is -0.135. The molecule has 1 amide bonds. The van der Waals surface area contributed by atoms with E-state index in [1.807, 2.05) is 42.2 Å². The number of benzene rings is 1. The minimum Gasteiger partial charge on any atom is -0.493 e. The van der Waals surface area contributed by atoms with Crippen molar-refractivity contribution in [2.75, 3.05) is 40.0 Å². The Morgan fingerprint density at radius 1 is 1.11 bits per heavy atom. The molecule has 0 unspecified atom stereocenters. The topological polar surface area (TPSA) is 98.8 Å². The highest BCUT2D eigenvalue weighted by Gasteiger charge is 2.17. The van der Waals surface area contributed by atoms with E-state index in [1.165, 1.54) is 0 Å².